The molecule has 0 aromatic carbocycles. The highest BCUT2D eigenvalue weighted by Crippen LogP contribution is 2.44. The molecule has 1 heterocycles. The number of aliphatic hydroxyl groups excluding tert-OH is 1. The molecule has 1 fully saturated rings. The number of aliphatic hydroxyl groups is 1. The van der Waals surface area contributed by atoms with Crippen molar-refractivity contribution in [3.05, 3.63) is 15.6 Å². The molecule has 0 spiro atoms. The third-order valence-corrected chi connectivity index (χ3v) is 4.77. The van der Waals surface area contributed by atoms with Crippen LogP contribution in [0, 0.1) is 19.3 Å². The minimum absolute atomic E-state index is 0.0878. The van der Waals surface area contributed by atoms with Crippen LogP contribution in [0.3, 0.4) is 0 Å². The molecule has 1 aliphatic carbocycles. The van der Waals surface area contributed by atoms with E-state index in [-0.39, 0.29) is 12.0 Å². The normalized spacial score (nSPS) is 17.1. The summed E-state index contributed by atoms with van der Waals surface area (Å²) in [7, 11) is 0. The second kappa shape index (κ2) is 6.54. The van der Waals surface area contributed by atoms with E-state index >= 15 is 0 Å². The van der Waals surface area contributed by atoms with Crippen LogP contribution in [0.5, 0.6) is 0 Å². The number of aromatic nitrogens is 1. The molecule has 1 aromatic heterocycles. The Balaban J connectivity index is 1.91. The molecule has 0 unspecified atom stereocenters. The largest absolute Gasteiger partial charge is 0.396 e. The first-order valence-electron chi connectivity index (χ1n) is 7.14. The van der Waals surface area contributed by atoms with Crippen LogP contribution in [0.4, 0.5) is 0 Å². The molecule has 0 bridgehead atoms. The fraction of sp³-hybridized carbons (Fsp3) is 0.714. The average molecular weight is 296 g/mol. The Bertz CT molecular complexity index is 460. The van der Waals surface area contributed by atoms with Crippen molar-refractivity contribution in [1.29, 1.82) is 0 Å². The number of rotatable bonds is 6. The summed E-state index contributed by atoms with van der Waals surface area (Å²) >= 11 is 1.70. The topological polar surface area (TPSA) is 69.5 Å². The van der Waals surface area contributed by atoms with Crippen LogP contribution in [0.25, 0.3) is 0 Å². The van der Waals surface area contributed by atoms with Crippen LogP contribution >= 0.6 is 11.3 Å². The van der Waals surface area contributed by atoms with Gasteiger partial charge in [0, 0.05) is 23.4 Å². The molecular weight excluding hydrogens is 272 g/mol. The minimum atomic E-state index is 0.0878. The summed E-state index contributed by atoms with van der Waals surface area (Å²) in [5.41, 5.74) is 1.18. The first kappa shape index (κ1) is 15.3. The molecule has 1 aliphatic rings. The fourth-order valence-corrected chi connectivity index (χ4v) is 2.79. The standard InChI is InChI=1S/C14H24N4OS/c1-4-15-13(17-8-14(9-19)5-6-14)16-7-12-18-10(2)11(3)20-12/h19H,4-9H2,1-3H3,(H2,15,16,17). The van der Waals surface area contributed by atoms with Gasteiger partial charge in [0.1, 0.15) is 5.01 Å². The van der Waals surface area contributed by atoms with Crippen LogP contribution in [-0.4, -0.2) is 35.7 Å². The number of aliphatic imine (C=N–C) groups is 1. The molecular formula is C14H24N4OS. The zero-order valence-electron chi connectivity index (χ0n) is 12.5. The predicted octanol–water partition coefficient (Wildman–Crippen LogP) is 1.59. The highest BCUT2D eigenvalue weighted by molar-refractivity contribution is 7.11. The van der Waals surface area contributed by atoms with Crippen molar-refractivity contribution >= 4 is 17.3 Å². The zero-order chi connectivity index (χ0) is 14.6. The monoisotopic (exact) mass is 296 g/mol. The Morgan fingerprint density at radius 1 is 1.40 bits per heavy atom. The van der Waals surface area contributed by atoms with Crippen molar-refractivity contribution in [2.45, 2.75) is 40.2 Å². The lowest BCUT2D eigenvalue weighted by atomic mass is 10.1. The summed E-state index contributed by atoms with van der Waals surface area (Å²) in [4.78, 5) is 10.3. The van der Waals surface area contributed by atoms with Crippen molar-refractivity contribution in [2.24, 2.45) is 10.4 Å². The SMILES string of the molecule is CCNC(=NCc1nc(C)c(C)s1)NCC1(CO)CC1. The third-order valence-electron chi connectivity index (χ3n) is 3.71. The van der Waals surface area contributed by atoms with Crippen molar-refractivity contribution < 1.29 is 5.11 Å². The van der Waals surface area contributed by atoms with Gasteiger partial charge in [-0.25, -0.2) is 9.98 Å². The molecule has 20 heavy (non-hydrogen) atoms. The molecule has 5 nitrogen and oxygen atoms in total. The quantitative estimate of drug-likeness (QED) is 0.551. The van der Waals surface area contributed by atoms with E-state index in [9.17, 15) is 5.11 Å². The number of nitrogens with zero attached hydrogens (tertiary/aromatic N) is 2. The summed E-state index contributed by atoms with van der Waals surface area (Å²) in [5.74, 6) is 0.803. The molecule has 2 rings (SSSR count). The van der Waals surface area contributed by atoms with E-state index in [4.69, 9.17) is 0 Å². The van der Waals surface area contributed by atoms with Gasteiger partial charge < -0.3 is 15.7 Å². The highest BCUT2D eigenvalue weighted by Gasteiger charge is 2.41. The third kappa shape index (κ3) is 3.93. The van der Waals surface area contributed by atoms with Gasteiger partial charge >= 0.3 is 0 Å². The van der Waals surface area contributed by atoms with Gasteiger partial charge in [-0.1, -0.05) is 0 Å². The van der Waals surface area contributed by atoms with Crippen molar-refractivity contribution in [2.75, 3.05) is 19.7 Å². The molecule has 0 saturated heterocycles. The molecule has 0 aliphatic heterocycles. The van der Waals surface area contributed by atoms with E-state index < -0.39 is 0 Å². The van der Waals surface area contributed by atoms with Gasteiger partial charge in [-0.3, -0.25) is 0 Å². The van der Waals surface area contributed by atoms with E-state index in [0.29, 0.717) is 6.54 Å². The first-order valence-corrected chi connectivity index (χ1v) is 7.96. The van der Waals surface area contributed by atoms with E-state index in [0.717, 1.165) is 42.6 Å². The molecule has 0 atom stereocenters. The van der Waals surface area contributed by atoms with Crippen LogP contribution in [0.2, 0.25) is 0 Å². The van der Waals surface area contributed by atoms with Crippen molar-refractivity contribution in [1.82, 2.24) is 15.6 Å². The fourth-order valence-electron chi connectivity index (χ4n) is 1.93. The molecule has 6 heteroatoms. The van der Waals surface area contributed by atoms with Crippen LogP contribution in [0.1, 0.15) is 35.3 Å². The number of thiazole rings is 1. The molecule has 0 amide bonds. The van der Waals surface area contributed by atoms with E-state index in [1.54, 1.807) is 11.3 Å². The summed E-state index contributed by atoms with van der Waals surface area (Å²) in [6.07, 6.45) is 2.20. The van der Waals surface area contributed by atoms with Gasteiger partial charge in [-0.2, -0.15) is 0 Å². The Kier molecular flexibility index (Phi) is 4.99. The van der Waals surface area contributed by atoms with Gasteiger partial charge in [0.15, 0.2) is 5.96 Å². The summed E-state index contributed by atoms with van der Waals surface area (Å²) in [6, 6.07) is 0. The molecule has 1 saturated carbocycles. The number of hydrogen-bond donors (Lipinski definition) is 3. The maximum Gasteiger partial charge on any atom is 0.191 e. The van der Waals surface area contributed by atoms with E-state index in [1.165, 1.54) is 4.88 Å². The van der Waals surface area contributed by atoms with Crippen molar-refractivity contribution in [3.63, 3.8) is 0 Å². The molecule has 112 valence electrons. The van der Waals surface area contributed by atoms with Gasteiger partial charge in [0.25, 0.3) is 0 Å². The average Bonchev–Trinajstić information content (AvgIpc) is 3.15. The number of aryl methyl sites for hydroxylation is 2. The number of guanidine groups is 1. The lowest BCUT2D eigenvalue weighted by Gasteiger charge is -2.16. The zero-order valence-corrected chi connectivity index (χ0v) is 13.3. The van der Waals surface area contributed by atoms with Gasteiger partial charge in [-0.15, -0.1) is 11.3 Å². The Morgan fingerprint density at radius 2 is 2.15 bits per heavy atom. The minimum Gasteiger partial charge on any atom is -0.396 e. The van der Waals surface area contributed by atoms with Crippen LogP contribution in [-0.2, 0) is 6.54 Å². The Morgan fingerprint density at radius 3 is 2.65 bits per heavy atom. The lowest BCUT2D eigenvalue weighted by Crippen LogP contribution is -2.41. The smallest absolute Gasteiger partial charge is 0.191 e. The number of hydrogen-bond acceptors (Lipinski definition) is 4. The van der Waals surface area contributed by atoms with Crippen LogP contribution < -0.4 is 10.6 Å². The van der Waals surface area contributed by atoms with Crippen molar-refractivity contribution in [3.8, 4) is 0 Å². The molecule has 0 radical (unpaired) electrons. The highest BCUT2D eigenvalue weighted by atomic mass is 32.1. The molecule has 1 aromatic rings. The van der Waals surface area contributed by atoms with Gasteiger partial charge in [0.05, 0.1) is 18.8 Å². The Labute approximate surface area is 124 Å². The first-order chi connectivity index (χ1) is 9.58. The predicted molar refractivity (Wildman–Crippen MR) is 83.2 cm³/mol. The maximum absolute atomic E-state index is 9.33. The summed E-state index contributed by atoms with van der Waals surface area (Å²) in [5, 5.41) is 16.9. The lowest BCUT2D eigenvalue weighted by molar-refractivity contribution is 0.212. The Hall–Kier alpha value is -1.14. The molecule has 3 N–H and O–H groups in total. The maximum atomic E-state index is 9.33. The summed E-state index contributed by atoms with van der Waals surface area (Å²) < 4.78 is 0. The van der Waals surface area contributed by atoms with E-state index in [1.807, 2.05) is 13.8 Å². The summed E-state index contributed by atoms with van der Waals surface area (Å²) in [6.45, 7) is 8.63. The second-order valence-corrected chi connectivity index (χ2v) is 6.74. The van der Waals surface area contributed by atoms with Crippen LogP contribution in [0.15, 0.2) is 4.99 Å². The second-order valence-electron chi connectivity index (χ2n) is 5.46. The van der Waals surface area contributed by atoms with Gasteiger partial charge in [0.2, 0.25) is 0 Å². The van der Waals surface area contributed by atoms with E-state index in [2.05, 4.69) is 27.5 Å². The number of nitrogens with one attached hydrogen (secondary N) is 2. The van der Waals surface area contributed by atoms with Gasteiger partial charge in [-0.05, 0) is 33.6 Å².